The number of carbonyl (C=O) groups excluding carboxylic acids is 1. The topological polar surface area (TPSA) is 61.5 Å². The van der Waals surface area contributed by atoms with Crippen molar-refractivity contribution in [1.29, 1.82) is 0 Å². The molecule has 0 aliphatic heterocycles. The predicted molar refractivity (Wildman–Crippen MR) is 56.9 cm³/mol. The van der Waals surface area contributed by atoms with Crippen LogP contribution < -0.4 is 10.5 Å². The number of carbonyl (C=O) groups is 1. The molecule has 1 aromatic carbocycles. The summed E-state index contributed by atoms with van der Waals surface area (Å²) in [4.78, 5) is 11.3. The van der Waals surface area contributed by atoms with Crippen LogP contribution in [0.2, 0.25) is 0 Å². The monoisotopic (exact) mass is 209 g/mol. The summed E-state index contributed by atoms with van der Waals surface area (Å²) in [6.07, 6.45) is 0. The highest BCUT2D eigenvalue weighted by Gasteiger charge is 2.13. The summed E-state index contributed by atoms with van der Waals surface area (Å²) in [5.74, 6) is 0.0692. The van der Waals surface area contributed by atoms with Crippen LogP contribution in [0.5, 0.6) is 5.75 Å². The van der Waals surface area contributed by atoms with E-state index in [1.165, 1.54) is 14.2 Å². The third-order valence-electron chi connectivity index (χ3n) is 2.16. The van der Waals surface area contributed by atoms with Crippen molar-refractivity contribution in [3.8, 4) is 5.75 Å². The van der Waals surface area contributed by atoms with Crippen molar-refractivity contribution in [2.24, 2.45) is 5.73 Å². The molecule has 0 saturated heterocycles. The second-order valence-corrected chi connectivity index (χ2v) is 3.24. The van der Waals surface area contributed by atoms with E-state index in [4.69, 9.17) is 10.5 Å². The maximum absolute atomic E-state index is 11.3. The van der Waals surface area contributed by atoms with Crippen molar-refractivity contribution in [2.45, 2.75) is 13.0 Å². The van der Waals surface area contributed by atoms with E-state index >= 15 is 0 Å². The van der Waals surface area contributed by atoms with E-state index in [0.29, 0.717) is 11.3 Å². The van der Waals surface area contributed by atoms with Crippen LogP contribution in [-0.4, -0.2) is 20.2 Å². The Kier molecular flexibility index (Phi) is 3.68. The van der Waals surface area contributed by atoms with Gasteiger partial charge in [0.15, 0.2) is 0 Å². The van der Waals surface area contributed by atoms with Gasteiger partial charge in [-0.05, 0) is 24.6 Å². The molecule has 1 aromatic rings. The average molecular weight is 209 g/mol. The Balaban J connectivity index is 3.15. The van der Waals surface area contributed by atoms with Crippen LogP contribution in [0.4, 0.5) is 0 Å². The largest absolute Gasteiger partial charge is 0.496 e. The molecule has 0 spiro atoms. The van der Waals surface area contributed by atoms with Crippen LogP contribution in [0.25, 0.3) is 0 Å². The summed E-state index contributed by atoms with van der Waals surface area (Å²) in [5.41, 5.74) is 7.05. The van der Waals surface area contributed by atoms with Crippen LogP contribution in [-0.2, 0) is 4.74 Å². The lowest BCUT2D eigenvalue weighted by Crippen LogP contribution is -2.08. The smallest absolute Gasteiger partial charge is 0.341 e. The van der Waals surface area contributed by atoms with Gasteiger partial charge in [-0.15, -0.1) is 0 Å². The second kappa shape index (κ2) is 4.79. The maximum atomic E-state index is 11.3. The second-order valence-electron chi connectivity index (χ2n) is 3.24. The molecule has 15 heavy (non-hydrogen) atoms. The predicted octanol–water partition coefficient (Wildman–Crippen LogP) is 1.50. The van der Waals surface area contributed by atoms with Crippen LogP contribution >= 0.6 is 0 Å². The normalized spacial score (nSPS) is 12.0. The van der Waals surface area contributed by atoms with Gasteiger partial charge in [0.2, 0.25) is 0 Å². The van der Waals surface area contributed by atoms with Crippen LogP contribution in [0.1, 0.15) is 28.9 Å². The first kappa shape index (κ1) is 11.5. The molecule has 4 nitrogen and oxygen atoms in total. The van der Waals surface area contributed by atoms with E-state index in [0.717, 1.165) is 5.56 Å². The van der Waals surface area contributed by atoms with Crippen molar-refractivity contribution >= 4 is 5.97 Å². The first-order valence-electron chi connectivity index (χ1n) is 4.62. The molecule has 0 heterocycles. The Bertz CT molecular complexity index is 361. The number of methoxy groups -OCH3 is 2. The molecule has 0 aliphatic rings. The molecule has 1 unspecified atom stereocenters. The fraction of sp³-hybridized carbons (Fsp3) is 0.364. The SMILES string of the molecule is COC(=O)c1ccc(C(C)N)cc1OC. The third-order valence-corrected chi connectivity index (χ3v) is 2.16. The Labute approximate surface area is 89.0 Å². The fourth-order valence-corrected chi connectivity index (χ4v) is 1.27. The minimum Gasteiger partial charge on any atom is -0.496 e. The van der Waals surface area contributed by atoms with Gasteiger partial charge in [-0.1, -0.05) is 6.07 Å². The fourth-order valence-electron chi connectivity index (χ4n) is 1.27. The van der Waals surface area contributed by atoms with Crippen LogP contribution in [0.3, 0.4) is 0 Å². The van der Waals surface area contributed by atoms with E-state index in [2.05, 4.69) is 4.74 Å². The van der Waals surface area contributed by atoms with E-state index < -0.39 is 5.97 Å². The summed E-state index contributed by atoms with van der Waals surface area (Å²) in [5, 5.41) is 0. The van der Waals surface area contributed by atoms with Gasteiger partial charge in [0, 0.05) is 6.04 Å². The number of hydrogen-bond acceptors (Lipinski definition) is 4. The first-order valence-corrected chi connectivity index (χ1v) is 4.62. The van der Waals surface area contributed by atoms with E-state index in [-0.39, 0.29) is 6.04 Å². The number of ether oxygens (including phenoxy) is 2. The molecule has 0 aromatic heterocycles. The summed E-state index contributed by atoms with van der Waals surface area (Å²) in [6, 6.07) is 5.10. The number of nitrogens with two attached hydrogens (primary N) is 1. The zero-order valence-electron chi connectivity index (χ0n) is 9.11. The Morgan fingerprint density at radius 3 is 2.53 bits per heavy atom. The molecule has 1 rings (SSSR count). The highest BCUT2D eigenvalue weighted by molar-refractivity contribution is 5.92. The molecule has 0 radical (unpaired) electrons. The summed E-state index contributed by atoms with van der Waals surface area (Å²) in [6.45, 7) is 1.87. The van der Waals surface area contributed by atoms with Crippen LogP contribution in [0.15, 0.2) is 18.2 Å². The van der Waals surface area contributed by atoms with Gasteiger partial charge in [0.25, 0.3) is 0 Å². The summed E-state index contributed by atoms with van der Waals surface area (Å²) in [7, 11) is 2.84. The molecular weight excluding hydrogens is 194 g/mol. The maximum Gasteiger partial charge on any atom is 0.341 e. The Hall–Kier alpha value is -1.55. The van der Waals surface area contributed by atoms with Crippen molar-refractivity contribution in [3.05, 3.63) is 29.3 Å². The number of esters is 1. The minimum absolute atomic E-state index is 0.0920. The van der Waals surface area contributed by atoms with Gasteiger partial charge in [-0.2, -0.15) is 0 Å². The Morgan fingerprint density at radius 2 is 2.07 bits per heavy atom. The number of rotatable bonds is 3. The lowest BCUT2D eigenvalue weighted by Gasteiger charge is -2.11. The molecule has 82 valence electrons. The molecule has 2 N–H and O–H groups in total. The summed E-state index contributed by atoms with van der Waals surface area (Å²) < 4.78 is 9.73. The molecule has 0 aliphatic carbocycles. The highest BCUT2D eigenvalue weighted by Crippen LogP contribution is 2.23. The number of hydrogen-bond donors (Lipinski definition) is 1. The highest BCUT2D eigenvalue weighted by atomic mass is 16.5. The lowest BCUT2D eigenvalue weighted by molar-refractivity contribution is 0.0597. The molecule has 4 heteroatoms. The third kappa shape index (κ3) is 2.47. The summed E-state index contributed by atoms with van der Waals surface area (Å²) >= 11 is 0. The molecular formula is C11H15NO3. The van der Waals surface area contributed by atoms with E-state index in [1.807, 2.05) is 6.92 Å². The van der Waals surface area contributed by atoms with E-state index in [9.17, 15) is 4.79 Å². The quantitative estimate of drug-likeness (QED) is 0.766. The van der Waals surface area contributed by atoms with Gasteiger partial charge in [0.05, 0.1) is 14.2 Å². The Morgan fingerprint density at radius 1 is 1.40 bits per heavy atom. The standard InChI is InChI=1S/C11H15NO3/c1-7(12)8-4-5-9(11(13)15-3)10(6-8)14-2/h4-7H,12H2,1-3H3. The van der Waals surface area contributed by atoms with Gasteiger partial charge in [-0.25, -0.2) is 4.79 Å². The number of benzene rings is 1. The van der Waals surface area contributed by atoms with Crippen molar-refractivity contribution < 1.29 is 14.3 Å². The van der Waals surface area contributed by atoms with Gasteiger partial charge < -0.3 is 15.2 Å². The molecule has 0 fully saturated rings. The molecule has 0 bridgehead atoms. The van der Waals surface area contributed by atoms with Crippen molar-refractivity contribution in [2.75, 3.05) is 14.2 Å². The molecule has 0 saturated carbocycles. The zero-order chi connectivity index (χ0) is 11.4. The van der Waals surface area contributed by atoms with Gasteiger partial charge in [-0.3, -0.25) is 0 Å². The minimum atomic E-state index is -0.414. The van der Waals surface area contributed by atoms with E-state index in [1.54, 1.807) is 18.2 Å². The van der Waals surface area contributed by atoms with Crippen LogP contribution in [0, 0.1) is 0 Å². The van der Waals surface area contributed by atoms with Gasteiger partial charge in [0.1, 0.15) is 11.3 Å². The van der Waals surface area contributed by atoms with Crippen molar-refractivity contribution in [1.82, 2.24) is 0 Å². The lowest BCUT2D eigenvalue weighted by atomic mass is 10.1. The van der Waals surface area contributed by atoms with Crippen molar-refractivity contribution in [3.63, 3.8) is 0 Å². The van der Waals surface area contributed by atoms with Gasteiger partial charge >= 0.3 is 5.97 Å². The molecule has 0 amide bonds. The molecule has 1 atom stereocenters. The zero-order valence-corrected chi connectivity index (χ0v) is 9.11. The first-order chi connectivity index (χ1) is 7.10. The average Bonchev–Trinajstić information content (AvgIpc) is 2.27.